The van der Waals surface area contributed by atoms with Crippen molar-refractivity contribution in [2.75, 3.05) is 26.2 Å². The number of hydrogen-bond acceptors (Lipinski definition) is 5. The number of amidine groups is 1. The van der Waals surface area contributed by atoms with Crippen LogP contribution in [0.1, 0.15) is 36.8 Å². The Balaban J connectivity index is 1.12. The van der Waals surface area contributed by atoms with Crippen LogP contribution in [-0.2, 0) is 16.6 Å². The van der Waals surface area contributed by atoms with Crippen molar-refractivity contribution in [3.8, 4) is 11.1 Å². The maximum Gasteiger partial charge on any atom is 0.256 e. The predicted molar refractivity (Wildman–Crippen MR) is 140 cm³/mol. The Morgan fingerprint density at radius 1 is 1.08 bits per heavy atom. The fourth-order valence-electron chi connectivity index (χ4n) is 5.95. The van der Waals surface area contributed by atoms with Crippen LogP contribution in [0.5, 0.6) is 0 Å². The number of aromatic nitrogens is 2. The Bertz CT molecular complexity index is 1490. The first-order valence-corrected chi connectivity index (χ1v) is 13.2. The number of nitrogens with zero attached hydrogens (tertiary/aromatic N) is 5. The molecule has 7 rings (SSSR count). The van der Waals surface area contributed by atoms with E-state index in [9.17, 15) is 14.7 Å². The summed E-state index contributed by atoms with van der Waals surface area (Å²) in [5.74, 6) is 1.18. The second-order valence-electron chi connectivity index (χ2n) is 11.5. The van der Waals surface area contributed by atoms with Gasteiger partial charge in [0.2, 0.25) is 5.91 Å². The van der Waals surface area contributed by atoms with Crippen LogP contribution in [0.15, 0.2) is 47.6 Å². The van der Waals surface area contributed by atoms with Gasteiger partial charge in [-0.25, -0.2) is 0 Å². The number of benzene rings is 2. The second-order valence-corrected chi connectivity index (χ2v) is 11.5. The third kappa shape index (κ3) is 3.45. The van der Waals surface area contributed by atoms with Crippen LogP contribution in [0.2, 0.25) is 0 Å². The van der Waals surface area contributed by atoms with E-state index in [-0.39, 0.29) is 24.3 Å². The van der Waals surface area contributed by atoms with Crippen LogP contribution in [-0.4, -0.2) is 74.1 Å². The zero-order chi connectivity index (χ0) is 25.5. The fraction of sp³-hybridized carbons (Fsp3) is 0.448. The molecule has 8 nitrogen and oxygen atoms in total. The molecule has 3 aromatic rings. The number of hydrogen-bond donors (Lipinski definition) is 1. The number of aliphatic imine (C=N–C) groups is 1. The molecule has 2 aromatic carbocycles. The first-order valence-electron chi connectivity index (χ1n) is 13.2. The molecule has 4 aliphatic rings. The van der Waals surface area contributed by atoms with E-state index in [4.69, 9.17) is 4.99 Å². The number of aliphatic hydroxyl groups is 1. The van der Waals surface area contributed by atoms with E-state index in [1.54, 1.807) is 0 Å². The summed E-state index contributed by atoms with van der Waals surface area (Å²) in [5.41, 5.74) is 4.33. The van der Waals surface area contributed by atoms with Crippen molar-refractivity contribution in [1.29, 1.82) is 0 Å². The molecule has 0 radical (unpaired) electrons. The van der Waals surface area contributed by atoms with Gasteiger partial charge in [0.25, 0.3) is 5.91 Å². The third-order valence-electron chi connectivity index (χ3n) is 8.78. The maximum atomic E-state index is 13.4. The van der Waals surface area contributed by atoms with Crippen LogP contribution in [0.3, 0.4) is 0 Å². The number of carbonyl (C=O) groups is 2. The molecule has 0 atom stereocenters. The van der Waals surface area contributed by atoms with Crippen LogP contribution in [0.25, 0.3) is 22.0 Å². The molecule has 190 valence electrons. The average molecular weight is 498 g/mol. The van der Waals surface area contributed by atoms with Crippen molar-refractivity contribution >= 4 is 28.6 Å². The summed E-state index contributed by atoms with van der Waals surface area (Å²) in [4.78, 5) is 34.8. The highest BCUT2D eigenvalue weighted by Gasteiger charge is 2.58. The van der Waals surface area contributed by atoms with Gasteiger partial charge in [0.05, 0.1) is 23.7 Å². The summed E-state index contributed by atoms with van der Waals surface area (Å²) >= 11 is 0. The van der Waals surface area contributed by atoms with Crippen LogP contribution >= 0.6 is 0 Å². The monoisotopic (exact) mass is 497 g/mol. The van der Waals surface area contributed by atoms with Crippen molar-refractivity contribution in [1.82, 2.24) is 19.6 Å². The van der Waals surface area contributed by atoms with E-state index >= 15 is 0 Å². The molecule has 1 N–H and O–H groups in total. The Hall–Kier alpha value is -3.52. The Morgan fingerprint density at radius 3 is 2.49 bits per heavy atom. The number of aliphatic hydroxyl groups excluding tert-OH is 1. The largest absolute Gasteiger partial charge is 0.395 e. The minimum absolute atomic E-state index is 0.0672. The molecule has 0 bridgehead atoms. The Labute approximate surface area is 215 Å². The molecule has 1 spiro atoms. The predicted octanol–water partition coefficient (Wildman–Crippen LogP) is 2.90. The van der Waals surface area contributed by atoms with Gasteiger partial charge in [0.15, 0.2) is 0 Å². The smallest absolute Gasteiger partial charge is 0.256 e. The molecule has 8 heteroatoms. The van der Waals surface area contributed by atoms with Crippen molar-refractivity contribution in [3.63, 3.8) is 0 Å². The number of fused-ring (bicyclic) bond motifs is 1. The molecule has 1 saturated heterocycles. The molecular weight excluding hydrogens is 466 g/mol. The van der Waals surface area contributed by atoms with Crippen molar-refractivity contribution in [2.45, 2.75) is 38.1 Å². The molecule has 3 fully saturated rings. The van der Waals surface area contributed by atoms with E-state index in [0.717, 1.165) is 64.7 Å². The Kier molecular flexibility index (Phi) is 4.74. The molecule has 3 heterocycles. The molecule has 2 aliphatic carbocycles. The van der Waals surface area contributed by atoms with Crippen LogP contribution in [0, 0.1) is 18.3 Å². The minimum atomic E-state index is -0.569. The number of likely N-dealkylation sites (tertiary alicyclic amines) is 1. The summed E-state index contributed by atoms with van der Waals surface area (Å²) in [6, 6.07) is 12.7. The summed E-state index contributed by atoms with van der Waals surface area (Å²) in [5, 5.41) is 15.1. The molecule has 2 aliphatic heterocycles. The van der Waals surface area contributed by atoms with Crippen molar-refractivity contribution in [2.24, 2.45) is 23.4 Å². The van der Waals surface area contributed by atoms with E-state index in [0.29, 0.717) is 19.6 Å². The lowest BCUT2D eigenvalue weighted by molar-refractivity contribution is -0.145. The topological polar surface area (TPSA) is 91.0 Å². The molecule has 0 unspecified atom stereocenters. The minimum Gasteiger partial charge on any atom is -0.395 e. The van der Waals surface area contributed by atoms with Gasteiger partial charge in [-0.2, -0.15) is 5.10 Å². The number of rotatable bonds is 6. The molecule has 37 heavy (non-hydrogen) atoms. The molecule has 2 amide bonds. The lowest BCUT2D eigenvalue weighted by Gasteiger charge is -2.42. The summed E-state index contributed by atoms with van der Waals surface area (Å²) < 4.78 is 1.87. The number of amides is 2. The number of carbonyl (C=O) groups excluding carboxylic acids is 2. The normalized spacial score (nSPS) is 21.5. The van der Waals surface area contributed by atoms with Gasteiger partial charge in [-0.05, 0) is 61.4 Å². The quantitative estimate of drug-likeness (QED) is 0.567. The van der Waals surface area contributed by atoms with Gasteiger partial charge in [0, 0.05) is 43.5 Å². The standard InChI is InChI=1S/C29H31N5O3/c1-18-11-20(21-4-6-24-22(12-21)13-30-32(24)2)3-5-23(18)25-31-29(9-10-29)27(37)34(25)16-19-14-33(15-19)26(36)28(17-35)7-8-28/h3-6,11-13,19,35H,7-10,14-17H2,1-2H3. The molecule has 1 aromatic heterocycles. The lowest BCUT2D eigenvalue weighted by atomic mass is 9.94. The average Bonchev–Trinajstić information content (AvgIpc) is 3.79. The van der Waals surface area contributed by atoms with E-state index in [2.05, 4.69) is 48.4 Å². The highest BCUT2D eigenvalue weighted by molar-refractivity contribution is 6.17. The first-order chi connectivity index (χ1) is 17.8. The van der Waals surface area contributed by atoms with Gasteiger partial charge in [0.1, 0.15) is 11.4 Å². The number of aryl methyl sites for hydroxylation is 2. The van der Waals surface area contributed by atoms with Crippen molar-refractivity contribution < 1.29 is 14.7 Å². The maximum absolute atomic E-state index is 13.4. The second kappa shape index (κ2) is 7.74. The third-order valence-corrected chi connectivity index (χ3v) is 8.78. The molecular formula is C29H31N5O3. The van der Waals surface area contributed by atoms with Gasteiger partial charge in [-0.1, -0.05) is 24.3 Å². The van der Waals surface area contributed by atoms with E-state index in [1.165, 1.54) is 0 Å². The zero-order valence-electron chi connectivity index (χ0n) is 21.3. The van der Waals surface area contributed by atoms with Crippen LogP contribution in [0.4, 0.5) is 0 Å². The first kappa shape index (κ1) is 22.7. The van der Waals surface area contributed by atoms with Gasteiger partial charge in [-0.3, -0.25) is 24.2 Å². The molecule has 2 saturated carbocycles. The summed E-state index contributed by atoms with van der Waals surface area (Å²) in [6.07, 6.45) is 5.05. The fourth-order valence-corrected chi connectivity index (χ4v) is 5.95. The van der Waals surface area contributed by atoms with E-state index < -0.39 is 11.0 Å². The summed E-state index contributed by atoms with van der Waals surface area (Å²) in [6.45, 7) is 3.87. The highest BCUT2D eigenvalue weighted by atomic mass is 16.3. The zero-order valence-corrected chi connectivity index (χ0v) is 21.3. The Morgan fingerprint density at radius 2 is 1.81 bits per heavy atom. The highest BCUT2D eigenvalue weighted by Crippen LogP contribution is 2.49. The summed E-state index contributed by atoms with van der Waals surface area (Å²) in [7, 11) is 1.95. The lowest BCUT2D eigenvalue weighted by Crippen LogP contribution is -2.57. The van der Waals surface area contributed by atoms with Gasteiger partial charge >= 0.3 is 0 Å². The van der Waals surface area contributed by atoms with Crippen LogP contribution < -0.4 is 0 Å². The SMILES string of the molecule is Cc1cc(-c2ccc3c(cnn3C)c2)ccc1C1=NC2(CC2)C(=O)N1CC1CN(C(=O)C2(CO)CC2)C1. The van der Waals surface area contributed by atoms with Gasteiger partial charge < -0.3 is 10.0 Å². The van der Waals surface area contributed by atoms with E-state index in [1.807, 2.05) is 27.7 Å². The van der Waals surface area contributed by atoms with Gasteiger partial charge in [-0.15, -0.1) is 0 Å². The van der Waals surface area contributed by atoms with Crippen molar-refractivity contribution in [3.05, 3.63) is 53.7 Å².